The predicted molar refractivity (Wildman–Crippen MR) is 83.2 cm³/mol. The fourth-order valence-corrected chi connectivity index (χ4v) is 2.89. The van der Waals surface area contributed by atoms with Crippen LogP contribution in [0.4, 0.5) is 4.79 Å². The molecule has 1 aliphatic heterocycles. The van der Waals surface area contributed by atoms with Crippen LogP contribution in [-0.2, 0) is 4.79 Å². The molecule has 0 aromatic rings. The third-order valence-corrected chi connectivity index (χ3v) is 4.09. The third-order valence-electron chi connectivity index (χ3n) is 4.09. The first-order chi connectivity index (χ1) is 9.73. The first kappa shape index (κ1) is 17.8. The van der Waals surface area contributed by atoms with E-state index in [2.05, 4.69) is 12.2 Å². The van der Waals surface area contributed by atoms with Crippen LogP contribution in [-0.4, -0.2) is 41.6 Å². The van der Waals surface area contributed by atoms with Crippen LogP contribution in [0.25, 0.3) is 0 Å². The number of carbonyl (C=O) groups is 2. The lowest BCUT2D eigenvalue weighted by atomic mass is 9.84. The van der Waals surface area contributed by atoms with Crippen LogP contribution in [0.2, 0.25) is 0 Å². The van der Waals surface area contributed by atoms with Gasteiger partial charge in [0.2, 0.25) is 0 Å². The number of nitrogens with zero attached hydrogens (tertiary/aromatic N) is 1. The molecule has 2 amide bonds. The topological polar surface area (TPSA) is 69.6 Å². The van der Waals surface area contributed by atoms with Crippen molar-refractivity contribution in [2.24, 2.45) is 17.3 Å². The van der Waals surface area contributed by atoms with Gasteiger partial charge in [-0.15, -0.1) is 0 Å². The standard InChI is InChI=1S/C16H30N2O3/c1-5-12-7-6-8-18(11-12)15(21)17-10-13(14(19)20)9-16(2,3)4/h12-13H,5-11H2,1-4H3,(H,17,21)(H,19,20). The summed E-state index contributed by atoms with van der Waals surface area (Å²) in [5.41, 5.74) is -0.0633. The Kier molecular flexibility index (Phi) is 6.49. The van der Waals surface area contributed by atoms with Crippen LogP contribution in [0.5, 0.6) is 0 Å². The summed E-state index contributed by atoms with van der Waals surface area (Å²) in [4.78, 5) is 25.3. The molecule has 2 atom stereocenters. The lowest BCUT2D eigenvalue weighted by Gasteiger charge is -2.33. The SMILES string of the molecule is CCC1CCCN(C(=O)NCC(CC(C)(C)C)C(=O)O)C1. The van der Waals surface area contributed by atoms with Crippen LogP contribution in [0.3, 0.4) is 0 Å². The van der Waals surface area contributed by atoms with E-state index in [1.54, 1.807) is 0 Å². The zero-order valence-electron chi connectivity index (χ0n) is 13.8. The van der Waals surface area contributed by atoms with E-state index in [0.29, 0.717) is 12.3 Å². The van der Waals surface area contributed by atoms with E-state index in [1.165, 1.54) is 6.42 Å². The molecule has 5 nitrogen and oxygen atoms in total. The van der Waals surface area contributed by atoms with Gasteiger partial charge in [-0.05, 0) is 30.6 Å². The molecule has 1 heterocycles. The van der Waals surface area contributed by atoms with Gasteiger partial charge in [0.15, 0.2) is 0 Å². The summed E-state index contributed by atoms with van der Waals surface area (Å²) in [6.45, 7) is 9.97. The number of rotatable bonds is 5. The molecule has 1 saturated heterocycles. The maximum Gasteiger partial charge on any atom is 0.317 e. The van der Waals surface area contributed by atoms with Gasteiger partial charge in [0.05, 0.1) is 5.92 Å². The Morgan fingerprint density at radius 3 is 2.57 bits per heavy atom. The van der Waals surface area contributed by atoms with Crippen molar-refractivity contribution in [3.63, 3.8) is 0 Å². The number of carboxylic acids is 1. The number of piperidine rings is 1. The summed E-state index contributed by atoms with van der Waals surface area (Å²) in [5, 5.41) is 12.1. The number of carboxylic acid groups (broad SMARTS) is 1. The fraction of sp³-hybridized carbons (Fsp3) is 0.875. The minimum absolute atomic E-state index is 0.0633. The molecular weight excluding hydrogens is 268 g/mol. The molecule has 2 N–H and O–H groups in total. The molecule has 0 spiro atoms. The van der Waals surface area contributed by atoms with E-state index in [0.717, 1.165) is 25.9 Å². The second-order valence-corrected chi connectivity index (χ2v) is 7.35. The van der Waals surface area contributed by atoms with Crippen LogP contribution in [0, 0.1) is 17.3 Å². The quantitative estimate of drug-likeness (QED) is 0.820. The molecule has 0 aliphatic carbocycles. The van der Waals surface area contributed by atoms with E-state index < -0.39 is 11.9 Å². The Balaban J connectivity index is 2.47. The largest absolute Gasteiger partial charge is 0.481 e. The van der Waals surface area contributed by atoms with Crippen molar-refractivity contribution in [2.45, 2.75) is 53.4 Å². The van der Waals surface area contributed by atoms with Gasteiger partial charge in [-0.2, -0.15) is 0 Å². The number of amides is 2. The van der Waals surface area contributed by atoms with Crippen molar-refractivity contribution < 1.29 is 14.7 Å². The molecule has 1 fully saturated rings. The second kappa shape index (κ2) is 7.66. The number of carbonyl (C=O) groups excluding carboxylic acids is 1. The zero-order chi connectivity index (χ0) is 16.0. The van der Waals surface area contributed by atoms with E-state index in [1.807, 2.05) is 25.7 Å². The highest BCUT2D eigenvalue weighted by molar-refractivity contribution is 5.76. The normalized spacial score (nSPS) is 21.0. The lowest BCUT2D eigenvalue weighted by Crippen LogP contribution is -2.47. The summed E-state index contributed by atoms with van der Waals surface area (Å²) in [6.07, 6.45) is 3.87. The molecule has 0 radical (unpaired) electrons. The number of hydrogen-bond donors (Lipinski definition) is 2. The smallest absolute Gasteiger partial charge is 0.317 e. The first-order valence-electron chi connectivity index (χ1n) is 7.98. The Labute approximate surface area is 128 Å². The third kappa shape index (κ3) is 6.36. The Hall–Kier alpha value is -1.26. The van der Waals surface area contributed by atoms with E-state index >= 15 is 0 Å². The van der Waals surface area contributed by atoms with Crippen molar-refractivity contribution >= 4 is 12.0 Å². The first-order valence-corrected chi connectivity index (χ1v) is 7.98. The number of nitrogens with one attached hydrogen (secondary N) is 1. The van der Waals surface area contributed by atoms with Crippen LogP contribution < -0.4 is 5.32 Å². The summed E-state index contributed by atoms with van der Waals surface area (Å²) >= 11 is 0. The maximum atomic E-state index is 12.2. The molecule has 0 saturated carbocycles. The summed E-state index contributed by atoms with van der Waals surface area (Å²) in [6, 6.07) is -0.117. The molecule has 5 heteroatoms. The molecule has 0 aromatic carbocycles. The minimum atomic E-state index is -0.838. The molecule has 122 valence electrons. The van der Waals surface area contributed by atoms with Crippen molar-refractivity contribution in [1.82, 2.24) is 10.2 Å². The van der Waals surface area contributed by atoms with E-state index in [9.17, 15) is 14.7 Å². The molecule has 2 unspecified atom stereocenters. The highest BCUT2D eigenvalue weighted by Gasteiger charge is 2.27. The summed E-state index contributed by atoms with van der Waals surface area (Å²) in [5.74, 6) is -0.787. The number of aliphatic carboxylic acids is 1. The van der Waals surface area contributed by atoms with Crippen molar-refractivity contribution in [3.05, 3.63) is 0 Å². The number of likely N-dealkylation sites (tertiary alicyclic amines) is 1. The van der Waals surface area contributed by atoms with Gasteiger partial charge >= 0.3 is 12.0 Å². The van der Waals surface area contributed by atoms with Gasteiger partial charge in [0.25, 0.3) is 0 Å². The van der Waals surface area contributed by atoms with E-state index in [4.69, 9.17) is 0 Å². The lowest BCUT2D eigenvalue weighted by molar-refractivity contribution is -0.142. The highest BCUT2D eigenvalue weighted by atomic mass is 16.4. The van der Waals surface area contributed by atoms with Gasteiger partial charge in [0, 0.05) is 19.6 Å². The zero-order valence-corrected chi connectivity index (χ0v) is 13.8. The summed E-state index contributed by atoms with van der Waals surface area (Å²) in [7, 11) is 0. The Morgan fingerprint density at radius 1 is 1.38 bits per heavy atom. The van der Waals surface area contributed by atoms with Gasteiger partial charge in [0.1, 0.15) is 0 Å². The van der Waals surface area contributed by atoms with Crippen molar-refractivity contribution in [1.29, 1.82) is 0 Å². The molecule has 1 aliphatic rings. The minimum Gasteiger partial charge on any atom is -0.481 e. The van der Waals surface area contributed by atoms with Crippen LogP contribution in [0.15, 0.2) is 0 Å². The van der Waals surface area contributed by atoms with Gasteiger partial charge in [-0.3, -0.25) is 4.79 Å². The average Bonchev–Trinajstić information content (AvgIpc) is 2.41. The molecule has 21 heavy (non-hydrogen) atoms. The molecule has 0 bridgehead atoms. The van der Waals surface area contributed by atoms with Crippen LogP contribution >= 0.6 is 0 Å². The molecular formula is C16H30N2O3. The second-order valence-electron chi connectivity index (χ2n) is 7.35. The van der Waals surface area contributed by atoms with Gasteiger partial charge in [-0.1, -0.05) is 34.1 Å². The maximum absolute atomic E-state index is 12.2. The molecule has 0 aromatic heterocycles. The fourth-order valence-electron chi connectivity index (χ4n) is 2.89. The van der Waals surface area contributed by atoms with Crippen molar-refractivity contribution in [3.8, 4) is 0 Å². The monoisotopic (exact) mass is 298 g/mol. The average molecular weight is 298 g/mol. The van der Waals surface area contributed by atoms with Crippen LogP contribution in [0.1, 0.15) is 53.4 Å². The van der Waals surface area contributed by atoms with Gasteiger partial charge < -0.3 is 15.3 Å². The number of urea groups is 1. The van der Waals surface area contributed by atoms with Gasteiger partial charge in [-0.25, -0.2) is 4.79 Å². The van der Waals surface area contributed by atoms with E-state index in [-0.39, 0.29) is 18.0 Å². The summed E-state index contributed by atoms with van der Waals surface area (Å²) < 4.78 is 0. The Bertz CT molecular complexity index is 363. The van der Waals surface area contributed by atoms with Crippen molar-refractivity contribution in [2.75, 3.05) is 19.6 Å². The highest BCUT2D eigenvalue weighted by Crippen LogP contribution is 2.24. The molecule has 1 rings (SSSR count). The Morgan fingerprint density at radius 2 is 2.05 bits per heavy atom. The number of hydrogen-bond acceptors (Lipinski definition) is 2. The predicted octanol–water partition coefficient (Wildman–Crippen LogP) is 2.96.